The van der Waals surface area contributed by atoms with Crippen molar-refractivity contribution < 1.29 is 22.4 Å². The van der Waals surface area contributed by atoms with Gasteiger partial charge in [-0.1, -0.05) is 29.3 Å². The van der Waals surface area contributed by atoms with Crippen LogP contribution in [0.15, 0.2) is 54.6 Å². The van der Waals surface area contributed by atoms with Crippen LogP contribution >= 0.6 is 23.2 Å². The summed E-state index contributed by atoms with van der Waals surface area (Å²) < 4.78 is 55.5. The fraction of sp³-hybridized carbons (Fsp3) is 0.240. The van der Waals surface area contributed by atoms with E-state index in [2.05, 4.69) is 15.0 Å². The highest BCUT2D eigenvalue weighted by Gasteiger charge is 2.36. The fourth-order valence-electron chi connectivity index (χ4n) is 4.23. The molecule has 1 aliphatic rings. The van der Waals surface area contributed by atoms with E-state index in [1.54, 1.807) is 23.1 Å². The average Bonchev–Trinajstić information content (AvgIpc) is 3.30. The van der Waals surface area contributed by atoms with E-state index in [4.69, 9.17) is 23.2 Å². The molecule has 0 atom stereocenters. The van der Waals surface area contributed by atoms with Gasteiger partial charge in [-0.25, -0.2) is 13.9 Å². The number of benzene rings is 2. The second-order valence-corrected chi connectivity index (χ2v) is 9.41. The molecule has 0 aliphatic carbocycles. The molecule has 0 radical (unpaired) electrons. The molecule has 3 heterocycles. The highest BCUT2D eigenvalue weighted by molar-refractivity contribution is 6.35. The zero-order chi connectivity index (χ0) is 26.3. The molecule has 0 spiro atoms. The third-order valence-corrected chi connectivity index (χ3v) is 6.89. The number of amides is 1. The molecular weight excluding hydrogens is 533 g/mol. The van der Waals surface area contributed by atoms with Gasteiger partial charge >= 0.3 is 6.18 Å². The second-order valence-electron chi connectivity index (χ2n) is 8.60. The molecule has 1 aliphatic heterocycles. The first kappa shape index (κ1) is 25.4. The maximum atomic E-state index is 13.9. The number of carbonyl (C=O) groups excluding carboxylic acids is 1. The Morgan fingerprint density at radius 2 is 1.59 bits per heavy atom. The molecule has 2 aromatic carbocycles. The third kappa shape index (κ3) is 5.27. The number of fused-ring (bicyclic) bond motifs is 1. The Morgan fingerprint density at radius 3 is 2.22 bits per heavy atom. The molecule has 2 aromatic heterocycles. The summed E-state index contributed by atoms with van der Waals surface area (Å²) in [6.45, 7) is 2.28. The number of nitrogens with zero attached hydrogens (tertiary/aromatic N) is 5. The number of hydrogen-bond acceptors (Lipinski definition) is 4. The lowest BCUT2D eigenvalue weighted by atomic mass is 10.1. The van der Waals surface area contributed by atoms with Crippen LogP contribution in [0.3, 0.4) is 0 Å². The number of carbonyl (C=O) groups is 1. The topological polar surface area (TPSA) is 53.7 Å². The highest BCUT2D eigenvalue weighted by Crippen LogP contribution is 2.32. The number of piperazine rings is 1. The van der Waals surface area contributed by atoms with Gasteiger partial charge in [0.15, 0.2) is 17.0 Å². The van der Waals surface area contributed by atoms with Crippen LogP contribution in [0.5, 0.6) is 0 Å². The van der Waals surface area contributed by atoms with Crippen LogP contribution in [0.4, 0.5) is 17.6 Å². The van der Waals surface area contributed by atoms with Crippen molar-refractivity contribution in [3.8, 4) is 11.3 Å². The van der Waals surface area contributed by atoms with Crippen LogP contribution < -0.4 is 0 Å². The van der Waals surface area contributed by atoms with Gasteiger partial charge in [-0.2, -0.15) is 18.3 Å². The first-order valence-corrected chi connectivity index (χ1v) is 12.0. The zero-order valence-corrected chi connectivity index (χ0v) is 20.7. The van der Waals surface area contributed by atoms with Gasteiger partial charge in [0, 0.05) is 60.0 Å². The Morgan fingerprint density at radius 1 is 0.946 bits per heavy atom. The van der Waals surface area contributed by atoms with Crippen molar-refractivity contribution in [3.05, 3.63) is 87.4 Å². The average molecular weight is 552 g/mol. The molecule has 12 heteroatoms. The summed E-state index contributed by atoms with van der Waals surface area (Å²) in [5.74, 6) is -1.01. The van der Waals surface area contributed by atoms with Crippen molar-refractivity contribution in [1.82, 2.24) is 24.4 Å². The van der Waals surface area contributed by atoms with Gasteiger partial charge in [-0.3, -0.25) is 9.69 Å². The summed E-state index contributed by atoms with van der Waals surface area (Å²) in [7, 11) is 0. The van der Waals surface area contributed by atoms with Gasteiger partial charge in [-0.05, 0) is 42.5 Å². The van der Waals surface area contributed by atoms with E-state index in [-0.39, 0.29) is 17.0 Å². The molecule has 5 rings (SSSR count). The lowest BCUT2D eigenvalue weighted by Gasteiger charge is -2.34. The van der Waals surface area contributed by atoms with Crippen LogP contribution in [-0.4, -0.2) is 56.5 Å². The Bertz CT molecular complexity index is 1440. The predicted molar refractivity (Wildman–Crippen MR) is 131 cm³/mol. The lowest BCUT2D eigenvalue weighted by Crippen LogP contribution is -2.48. The Balaban J connectivity index is 1.37. The van der Waals surface area contributed by atoms with Crippen molar-refractivity contribution >= 4 is 34.8 Å². The standard InChI is InChI=1S/C25H19Cl2F4N5O/c26-18-2-1-3-19(27)17(18)14-34-8-10-35(11-9-34)24(37)21-13-23-32-20(15-4-6-16(28)7-5-15)12-22(25(29,30)31)36(23)33-21/h1-7,12-13H,8-11,14H2. The monoisotopic (exact) mass is 551 g/mol. The number of aromatic nitrogens is 3. The number of rotatable bonds is 4. The first-order valence-electron chi connectivity index (χ1n) is 11.3. The SMILES string of the molecule is O=C(c1cc2nc(-c3ccc(F)cc3)cc(C(F)(F)F)n2n1)N1CCN(Cc2c(Cl)cccc2Cl)CC1. The summed E-state index contributed by atoms with van der Waals surface area (Å²) in [6.07, 6.45) is -4.76. The smallest absolute Gasteiger partial charge is 0.335 e. The summed E-state index contributed by atoms with van der Waals surface area (Å²) in [6, 6.07) is 12.3. The van der Waals surface area contributed by atoms with Crippen LogP contribution in [0.2, 0.25) is 10.0 Å². The van der Waals surface area contributed by atoms with Crippen LogP contribution in [-0.2, 0) is 12.7 Å². The molecule has 192 valence electrons. The van der Waals surface area contributed by atoms with E-state index in [0.717, 1.165) is 23.8 Å². The van der Waals surface area contributed by atoms with E-state index in [1.165, 1.54) is 18.2 Å². The molecule has 0 unspecified atom stereocenters. The molecular formula is C25H19Cl2F4N5O. The van der Waals surface area contributed by atoms with Crippen molar-refractivity contribution in [2.24, 2.45) is 0 Å². The molecule has 1 fully saturated rings. The van der Waals surface area contributed by atoms with Gasteiger partial charge in [-0.15, -0.1) is 0 Å². The summed E-state index contributed by atoms with van der Waals surface area (Å²) in [5, 5.41) is 5.07. The quantitative estimate of drug-likeness (QED) is 0.300. The number of alkyl halides is 3. The van der Waals surface area contributed by atoms with E-state index in [0.29, 0.717) is 52.8 Å². The molecule has 0 bridgehead atoms. The number of hydrogen-bond donors (Lipinski definition) is 0. The summed E-state index contributed by atoms with van der Waals surface area (Å²) in [4.78, 5) is 21.0. The Labute approximate surface area is 219 Å². The largest absolute Gasteiger partial charge is 0.433 e. The van der Waals surface area contributed by atoms with Crippen molar-refractivity contribution in [2.75, 3.05) is 26.2 Å². The number of halogens is 6. The molecule has 0 N–H and O–H groups in total. The highest BCUT2D eigenvalue weighted by atomic mass is 35.5. The van der Waals surface area contributed by atoms with Gasteiger partial charge in [0.05, 0.1) is 5.69 Å². The van der Waals surface area contributed by atoms with E-state index in [1.807, 2.05) is 0 Å². The third-order valence-electron chi connectivity index (χ3n) is 6.18. The molecule has 4 aromatic rings. The molecule has 0 saturated carbocycles. The van der Waals surface area contributed by atoms with Crippen molar-refractivity contribution in [1.29, 1.82) is 0 Å². The van der Waals surface area contributed by atoms with Gasteiger partial charge in [0.25, 0.3) is 5.91 Å². The van der Waals surface area contributed by atoms with Gasteiger partial charge in [0.2, 0.25) is 0 Å². The maximum Gasteiger partial charge on any atom is 0.433 e. The Kier molecular flexibility index (Phi) is 6.82. The van der Waals surface area contributed by atoms with Crippen LogP contribution in [0.25, 0.3) is 16.9 Å². The van der Waals surface area contributed by atoms with Gasteiger partial charge in [0.1, 0.15) is 5.82 Å². The minimum absolute atomic E-state index is 0.00873. The normalized spacial score (nSPS) is 14.9. The molecule has 6 nitrogen and oxygen atoms in total. The van der Waals surface area contributed by atoms with E-state index < -0.39 is 23.6 Å². The molecule has 37 heavy (non-hydrogen) atoms. The second kappa shape index (κ2) is 9.92. The van der Waals surface area contributed by atoms with Gasteiger partial charge < -0.3 is 4.90 Å². The first-order chi connectivity index (χ1) is 17.6. The maximum absolute atomic E-state index is 13.9. The summed E-state index contributed by atoms with van der Waals surface area (Å²) >= 11 is 12.5. The van der Waals surface area contributed by atoms with Crippen molar-refractivity contribution in [3.63, 3.8) is 0 Å². The minimum Gasteiger partial charge on any atom is -0.335 e. The fourth-order valence-corrected chi connectivity index (χ4v) is 4.74. The predicted octanol–water partition coefficient (Wildman–Crippen LogP) is 5.82. The van der Waals surface area contributed by atoms with E-state index in [9.17, 15) is 22.4 Å². The van der Waals surface area contributed by atoms with Crippen molar-refractivity contribution in [2.45, 2.75) is 12.7 Å². The van der Waals surface area contributed by atoms with Crippen LogP contribution in [0, 0.1) is 5.82 Å². The lowest BCUT2D eigenvalue weighted by molar-refractivity contribution is -0.142. The van der Waals surface area contributed by atoms with Crippen LogP contribution in [0.1, 0.15) is 21.7 Å². The zero-order valence-electron chi connectivity index (χ0n) is 19.1. The molecule has 1 saturated heterocycles. The Hall–Kier alpha value is -3.21. The summed E-state index contributed by atoms with van der Waals surface area (Å²) in [5.41, 5.74) is -0.267. The minimum atomic E-state index is -4.76. The molecule has 1 amide bonds. The van der Waals surface area contributed by atoms with E-state index >= 15 is 0 Å².